The van der Waals surface area contributed by atoms with E-state index in [1.54, 1.807) is 35.9 Å². The van der Waals surface area contributed by atoms with Gasteiger partial charge in [0, 0.05) is 6.07 Å². The summed E-state index contributed by atoms with van der Waals surface area (Å²) in [6, 6.07) is 10.5. The van der Waals surface area contributed by atoms with E-state index in [0.29, 0.717) is 26.9 Å². The van der Waals surface area contributed by atoms with Crippen molar-refractivity contribution in [1.82, 2.24) is 4.57 Å². The topological polar surface area (TPSA) is 52.8 Å². The van der Waals surface area contributed by atoms with Crippen LogP contribution in [0.5, 0.6) is 11.5 Å². The molecule has 2 aromatic carbocycles. The average molecular weight is 387 g/mol. The monoisotopic (exact) mass is 386 g/mol. The fourth-order valence-corrected chi connectivity index (χ4v) is 3.92. The third-order valence-corrected chi connectivity index (χ3v) is 5.09. The van der Waals surface area contributed by atoms with Crippen LogP contribution in [-0.4, -0.2) is 24.7 Å². The van der Waals surface area contributed by atoms with Gasteiger partial charge in [-0.2, -0.15) is 4.99 Å². The van der Waals surface area contributed by atoms with Crippen LogP contribution in [0.4, 0.5) is 0 Å². The number of ether oxygens (including phenoxy) is 2. The Morgan fingerprint density at radius 2 is 2.12 bits per heavy atom. The quantitative estimate of drug-likeness (QED) is 0.642. The average Bonchev–Trinajstić information content (AvgIpc) is 2.99. The molecule has 1 heterocycles. The Balaban J connectivity index is 2.16. The second-order valence-electron chi connectivity index (χ2n) is 5.24. The maximum atomic E-state index is 12.7. The number of carbonyl (C=O) groups is 1. The summed E-state index contributed by atoms with van der Waals surface area (Å²) in [4.78, 5) is 17.5. The number of methoxy groups -OCH3 is 2. The van der Waals surface area contributed by atoms with Gasteiger partial charge < -0.3 is 14.0 Å². The first kappa shape index (κ1) is 18.1. The molecule has 1 aromatic heterocycles. The number of aromatic nitrogens is 1. The number of fused-ring (bicyclic) bond motifs is 1. The second kappa shape index (κ2) is 7.65. The largest absolute Gasteiger partial charge is 0.497 e. The number of terminal acetylenes is 1. The predicted molar refractivity (Wildman–Crippen MR) is 103 cm³/mol. The standard InChI is InChI=1S/C19H15ClN2O3S/c1-4-10-22-17-14(20)6-5-7-16(17)26-19(22)21-18(23)13-9-8-12(24-2)11-15(13)25-3/h1,5-9,11H,10H2,2-3H3. The summed E-state index contributed by atoms with van der Waals surface area (Å²) < 4.78 is 13.1. The van der Waals surface area contributed by atoms with Gasteiger partial charge in [0.1, 0.15) is 11.5 Å². The number of carbonyl (C=O) groups excluding carboxylic acids is 1. The first-order valence-electron chi connectivity index (χ1n) is 7.61. The van der Waals surface area contributed by atoms with Crippen LogP contribution in [0.25, 0.3) is 10.2 Å². The highest BCUT2D eigenvalue weighted by atomic mass is 35.5. The molecule has 1 amide bonds. The Kier molecular flexibility index (Phi) is 5.31. The normalized spacial score (nSPS) is 11.4. The summed E-state index contributed by atoms with van der Waals surface area (Å²) in [5.74, 6) is 3.13. The van der Waals surface area contributed by atoms with E-state index in [0.717, 1.165) is 10.2 Å². The molecule has 0 N–H and O–H groups in total. The van der Waals surface area contributed by atoms with Gasteiger partial charge in [-0.1, -0.05) is 34.9 Å². The van der Waals surface area contributed by atoms with Gasteiger partial charge in [0.25, 0.3) is 5.91 Å². The van der Waals surface area contributed by atoms with Crippen molar-refractivity contribution >= 4 is 39.1 Å². The lowest BCUT2D eigenvalue weighted by molar-refractivity contribution is 0.0995. The van der Waals surface area contributed by atoms with E-state index in [2.05, 4.69) is 10.9 Å². The molecular weight excluding hydrogens is 372 g/mol. The molecule has 0 saturated carbocycles. The zero-order valence-electron chi connectivity index (χ0n) is 14.2. The summed E-state index contributed by atoms with van der Waals surface area (Å²) in [6.07, 6.45) is 5.48. The van der Waals surface area contributed by atoms with E-state index >= 15 is 0 Å². The minimum atomic E-state index is -0.432. The fraction of sp³-hybridized carbons (Fsp3) is 0.158. The Bertz CT molecular complexity index is 1090. The van der Waals surface area contributed by atoms with Crippen molar-refractivity contribution in [2.24, 2.45) is 4.99 Å². The van der Waals surface area contributed by atoms with E-state index in [1.165, 1.54) is 18.4 Å². The molecule has 0 spiro atoms. The summed E-state index contributed by atoms with van der Waals surface area (Å²) >= 11 is 7.65. The lowest BCUT2D eigenvalue weighted by Gasteiger charge is -2.07. The lowest BCUT2D eigenvalue weighted by atomic mass is 10.2. The molecule has 0 bridgehead atoms. The van der Waals surface area contributed by atoms with Gasteiger partial charge in [0.2, 0.25) is 0 Å². The highest BCUT2D eigenvalue weighted by Gasteiger charge is 2.15. The van der Waals surface area contributed by atoms with Crippen LogP contribution in [0.2, 0.25) is 5.02 Å². The third-order valence-electron chi connectivity index (χ3n) is 3.74. The van der Waals surface area contributed by atoms with Gasteiger partial charge >= 0.3 is 0 Å². The van der Waals surface area contributed by atoms with Crippen molar-refractivity contribution in [3.8, 4) is 23.8 Å². The van der Waals surface area contributed by atoms with Crippen molar-refractivity contribution in [2.45, 2.75) is 6.54 Å². The summed E-state index contributed by atoms with van der Waals surface area (Å²) in [5, 5.41) is 0.560. The smallest absolute Gasteiger partial charge is 0.283 e. The molecule has 0 aliphatic rings. The summed E-state index contributed by atoms with van der Waals surface area (Å²) in [7, 11) is 3.04. The minimum Gasteiger partial charge on any atom is -0.497 e. The van der Waals surface area contributed by atoms with Gasteiger partial charge in [-0.15, -0.1) is 6.42 Å². The molecule has 7 heteroatoms. The second-order valence-corrected chi connectivity index (χ2v) is 6.66. The number of halogens is 1. The zero-order valence-corrected chi connectivity index (χ0v) is 15.7. The highest BCUT2D eigenvalue weighted by molar-refractivity contribution is 7.16. The summed E-state index contributed by atoms with van der Waals surface area (Å²) in [6.45, 7) is 0.260. The zero-order chi connectivity index (χ0) is 18.7. The van der Waals surface area contributed by atoms with E-state index < -0.39 is 5.91 Å². The molecule has 0 aliphatic carbocycles. The van der Waals surface area contributed by atoms with Crippen molar-refractivity contribution < 1.29 is 14.3 Å². The fourth-order valence-electron chi connectivity index (χ4n) is 2.53. The van der Waals surface area contributed by atoms with Crippen LogP contribution >= 0.6 is 22.9 Å². The van der Waals surface area contributed by atoms with Gasteiger partial charge in [-0.05, 0) is 24.3 Å². The molecule has 3 rings (SSSR count). The molecule has 26 heavy (non-hydrogen) atoms. The number of hydrogen-bond acceptors (Lipinski definition) is 4. The van der Waals surface area contributed by atoms with Gasteiger partial charge in [0.05, 0.1) is 41.6 Å². The van der Waals surface area contributed by atoms with Gasteiger partial charge in [-0.25, -0.2) is 0 Å². The lowest BCUT2D eigenvalue weighted by Crippen LogP contribution is -2.17. The van der Waals surface area contributed by atoms with Crippen LogP contribution in [0.1, 0.15) is 10.4 Å². The molecule has 132 valence electrons. The first-order chi connectivity index (χ1) is 12.6. The number of thiazole rings is 1. The van der Waals surface area contributed by atoms with E-state index in [-0.39, 0.29) is 6.54 Å². The van der Waals surface area contributed by atoms with Gasteiger partial charge in [-0.3, -0.25) is 4.79 Å². The van der Waals surface area contributed by atoms with Crippen LogP contribution in [-0.2, 0) is 6.54 Å². The molecule has 0 unspecified atom stereocenters. The molecule has 0 aliphatic heterocycles. The van der Waals surface area contributed by atoms with Crippen LogP contribution in [0, 0.1) is 12.3 Å². The van der Waals surface area contributed by atoms with Crippen molar-refractivity contribution in [3.63, 3.8) is 0 Å². The predicted octanol–water partition coefficient (Wildman–Crippen LogP) is 3.75. The summed E-state index contributed by atoms with van der Waals surface area (Å²) in [5.41, 5.74) is 1.11. The number of para-hydroxylation sites is 1. The molecule has 5 nitrogen and oxygen atoms in total. The Hall–Kier alpha value is -2.75. The SMILES string of the molecule is C#CCn1c(=NC(=O)c2ccc(OC)cc2OC)sc2cccc(Cl)c21. The third kappa shape index (κ3) is 3.32. The van der Waals surface area contributed by atoms with Crippen molar-refractivity contribution in [2.75, 3.05) is 14.2 Å². The number of nitrogens with zero attached hydrogens (tertiary/aromatic N) is 2. The molecule has 0 fully saturated rings. The number of hydrogen-bond donors (Lipinski definition) is 0. The molecule has 3 aromatic rings. The highest BCUT2D eigenvalue weighted by Crippen LogP contribution is 2.27. The van der Waals surface area contributed by atoms with E-state index in [9.17, 15) is 4.79 Å². The molecule has 0 saturated heterocycles. The minimum absolute atomic E-state index is 0.260. The van der Waals surface area contributed by atoms with Crippen molar-refractivity contribution in [1.29, 1.82) is 0 Å². The molecular formula is C19H15ClN2O3S. The Morgan fingerprint density at radius 1 is 1.31 bits per heavy atom. The van der Waals surface area contributed by atoms with Gasteiger partial charge in [0.15, 0.2) is 4.80 Å². The van der Waals surface area contributed by atoms with Crippen LogP contribution < -0.4 is 14.3 Å². The van der Waals surface area contributed by atoms with Crippen molar-refractivity contribution in [3.05, 3.63) is 51.8 Å². The number of benzene rings is 2. The van der Waals surface area contributed by atoms with Crippen LogP contribution in [0.3, 0.4) is 0 Å². The first-order valence-corrected chi connectivity index (χ1v) is 8.81. The maximum absolute atomic E-state index is 12.7. The number of rotatable bonds is 4. The Labute approximate surface area is 159 Å². The van der Waals surface area contributed by atoms with E-state index in [1.807, 2.05) is 12.1 Å². The molecule has 0 atom stereocenters. The van der Waals surface area contributed by atoms with Crippen LogP contribution in [0.15, 0.2) is 41.4 Å². The molecule has 0 radical (unpaired) electrons. The van der Waals surface area contributed by atoms with E-state index in [4.69, 9.17) is 27.5 Å². The number of amides is 1. The Morgan fingerprint density at radius 3 is 2.81 bits per heavy atom. The maximum Gasteiger partial charge on any atom is 0.283 e.